The summed E-state index contributed by atoms with van der Waals surface area (Å²) in [5, 5.41) is 12.3. The van der Waals surface area contributed by atoms with Crippen molar-refractivity contribution in [2.45, 2.75) is 43.1 Å². The first-order chi connectivity index (χ1) is 13.6. The fourth-order valence-corrected chi connectivity index (χ4v) is 3.94. The first-order valence-electron chi connectivity index (χ1n) is 9.26. The standard InChI is InChI=1S/C21H23ClN4OS/c1-3-8-19(16-9-5-4-6-10-16)24-20(27)15(2)28-21-25-23-14-26(21)18-12-7-11-17(22)13-18/h4-7,9-15,19H,3,8H2,1-2H3,(H,24,27). The van der Waals surface area contributed by atoms with Crippen LogP contribution in [-0.4, -0.2) is 25.9 Å². The molecule has 28 heavy (non-hydrogen) atoms. The number of carbonyl (C=O) groups excluding carboxylic acids is 1. The lowest BCUT2D eigenvalue weighted by Crippen LogP contribution is -2.34. The van der Waals surface area contributed by atoms with Gasteiger partial charge in [-0.05, 0) is 37.1 Å². The minimum atomic E-state index is -0.315. The molecule has 0 fully saturated rings. The third kappa shape index (κ3) is 5.14. The van der Waals surface area contributed by atoms with Gasteiger partial charge in [0.2, 0.25) is 5.91 Å². The van der Waals surface area contributed by atoms with Crippen LogP contribution < -0.4 is 5.32 Å². The van der Waals surface area contributed by atoms with E-state index >= 15 is 0 Å². The highest BCUT2D eigenvalue weighted by atomic mass is 35.5. The summed E-state index contributed by atoms with van der Waals surface area (Å²) in [6, 6.07) is 17.5. The Balaban J connectivity index is 1.70. The number of thioether (sulfide) groups is 1. The second-order valence-electron chi connectivity index (χ2n) is 6.48. The van der Waals surface area contributed by atoms with Crippen molar-refractivity contribution in [1.29, 1.82) is 0 Å². The summed E-state index contributed by atoms with van der Waals surface area (Å²) in [4.78, 5) is 12.8. The monoisotopic (exact) mass is 414 g/mol. The third-order valence-corrected chi connectivity index (χ3v) is 5.64. The van der Waals surface area contributed by atoms with E-state index in [2.05, 4.69) is 22.4 Å². The normalized spacial score (nSPS) is 13.1. The van der Waals surface area contributed by atoms with E-state index in [1.54, 1.807) is 6.33 Å². The van der Waals surface area contributed by atoms with Gasteiger partial charge < -0.3 is 5.32 Å². The van der Waals surface area contributed by atoms with Crippen molar-refractivity contribution in [2.24, 2.45) is 0 Å². The Kier molecular flexibility index (Phi) is 7.12. The number of hydrogen-bond acceptors (Lipinski definition) is 4. The lowest BCUT2D eigenvalue weighted by atomic mass is 10.0. The molecule has 3 rings (SSSR count). The van der Waals surface area contributed by atoms with Gasteiger partial charge in [0.15, 0.2) is 5.16 Å². The average Bonchev–Trinajstić information content (AvgIpc) is 3.16. The summed E-state index contributed by atoms with van der Waals surface area (Å²) in [5.41, 5.74) is 1.98. The minimum Gasteiger partial charge on any atom is -0.348 e. The molecule has 1 N–H and O–H groups in total. The molecule has 0 spiro atoms. The molecule has 0 aliphatic rings. The second-order valence-corrected chi connectivity index (χ2v) is 8.23. The second kappa shape index (κ2) is 9.75. The van der Waals surface area contributed by atoms with Crippen molar-refractivity contribution < 1.29 is 4.79 Å². The van der Waals surface area contributed by atoms with Crippen LogP contribution in [0.25, 0.3) is 5.69 Å². The molecule has 1 aromatic heterocycles. The van der Waals surface area contributed by atoms with Crippen LogP contribution in [0.4, 0.5) is 0 Å². The van der Waals surface area contributed by atoms with Crippen LogP contribution in [0.2, 0.25) is 5.02 Å². The zero-order chi connectivity index (χ0) is 19.9. The van der Waals surface area contributed by atoms with Gasteiger partial charge in [-0.25, -0.2) is 0 Å². The van der Waals surface area contributed by atoms with Gasteiger partial charge >= 0.3 is 0 Å². The number of hydrogen-bond donors (Lipinski definition) is 1. The van der Waals surface area contributed by atoms with Gasteiger partial charge in [0.1, 0.15) is 6.33 Å². The minimum absolute atomic E-state index is 0.00699. The molecule has 146 valence electrons. The number of amides is 1. The molecule has 2 atom stereocenters. The van der Waals surface area contributed by atoms with Crippen molar-refractivity contribution in [3.8, 4) is 5.69 Å². The fraction of sp³-hybridized carbons (Fsp3) is 0.286. The van der Waals surface area contributed by atoms with Crippen LogP contribution in [0.1, 0.15) is 38.3 Å². The van der Waals surface area contributed by atoms with Gasteiger partial charge in [0, 0.05) is 5.02 Å². The van der Waals surface area contributed by atoms with Crippen LogP contribution >= 0.6 is 23.4 Å². The van der Waals surface area contributed by atoms with E-state index in [9.17, 15) is 4.79 Å². The Labute approximate surface area is 174 Å². The number of benzene rings is 2. The van der Waals surface area contributed by atoms with E-state index in [0.29, 0.717) is 10.2 Å². The maximum absolute atomic E-state index is 12.8. The Morgan fingerprint density at radius 1 is 1.21 bits per heavy atom. The molecule has 2 unspecified atom stereocenters. The number of carbonyl (C=O) groups is 1. The molecule has 0 bridgehead atoms. The molecular weight excluding hydrogens is 392 g/mol. The maximum Gasteiger partial charge on any atom is 0.233 e. The van der Waals surface area contributed by atoms with Crippen LogP contribution in [-0.2, 0) is 4.79 Å². The molecule has 3 aromatic rings. The van der Waals surface area contributed by atoms with Gasteiger partial charge in [-0.1, -0.05) is 73.1 Å². The number of rotatable bonds is 8. The predicted molar refractivity (Wildman–Crippen MR) is 114 cm³/mol. The van der Waals surface area contributed by atoms with E-state index in [1.807, 2.05) is 66.1 Å². The van der Waals surface area contributed by atoms with E-state index < -0.39 is 0 Å². The number of nitrogens with one attached hydrogen (secondary N) is 1. The van der Waals surface area contributed by atoms with Crippen molar-refractivity contribution in [3.05, 3.63) is 71.5 Å². The molecule has 0 saturated carbocycles. The Morgan fingerprint density at radius 2 is 2.00 bits per heavy atom. The van der Waals surface area contributed by atoms with Gasteiger partial charge in [-0.2, -0.15) is 0 Å². The molecule has 7 heteroatoms. The smallest absolute Gasteiger partial charge is 0.233 e. The molecule has 0 aliphatic carbocycles. The van der Waals surface area contributed by atoms with Crippen LogP contribution in [0.3, 0.4) is 0 Å². The highest BCUT2D eigenvalue weighted by Crippen LogP contribution is 2.26. The zero-order valence-electron chi connectivity index (χ0n) is 15.9. The lowest BCUT2D eigenvalue weighted by molar-refractivity contribution is -0.121. The molecular formula is C21H23ClN4OS. The summed E-state index contributed by atoms with van der Waals surface area (Å²) in [6.45, 7) is 4.00. The third-order valence-electron chi connectivity index (χ3n) is 4.35. The van der Waals surface area contributed by atoms with Gasteiger partial charge in [-0.15, -0.1) is 10.2 Å². The average molecular weight is 415 g/mol. The molecule has 1 heterocycles. The summed E-state index contributed by atoms with van der Waals surface area (Å²) in [7, 11) is 0. The predicted octanol–water partition coefficient (Wildman–Crippen LogP) is 5.06. The molecule has 0 aliphatic heterocycles. The lowest BCUT2D eigenvalue weighted by Gasteiger charge is -2.21. The van der Waals surface area contributed by atoms with Crippen LogP contribution in [0.15, 0.2) is 66.1 Å². The van der Waals surface area contributed by atoms with Gasteiger partial charge in [0.25, 0.3) is 0 Å². The first-order valence-corrected chi connectivity index (χ1v) is 10.5. The van der Waals surface area contributed by atoms with E-state index in [-0.39, 0.29) is 17.2 Å². The van der Waals surface area contributed by atoms with Crippen molar-refractivity contribution in [2.75, 3.05) is 0 Å². The van der Waals surface area contributed by atoms with E-state index in [0.717, 1.165) is 24.1 Å². The van der Waals surface area contributed by atoms with Crippen LogP contribution in [0.5, 0.6) is 0 Å². The number of aromatic nitrogens is 3. The zero-order valence-corrected chi connectivity index (χ0v) is 17.5. The summed E-state index contributed by atoms with van der Waals surface area (Å²) < 4.78 is 1.83. The molecule has 2 aromatic carbocycles. The summed E-state index contributed by atoms with van der Waals surface area (Å²) in [5.74, 6) is -0.0204. The summed E-state index contributed by atoms with van der Waals surface area (Å²) >= 11 is 7.47. The van der Waals surface area contributed by atoms with Crippen LogP contribution in [0, 0.1) is 0 Å². The highest BCUT2D eigenvalue weighted by Gasteiger charge is 2.21. The molecule has 1 amide bonds. The Morgan fingerprint density at radius 3 is 2.71 bits per heavy atom. The quantitative estimate of drug-likeness (QED) is 0.523. The fourth-order valence-electron chi connectivity index (χ4n) is 2.90. The molecule has 5 nitrogen and oxygen atoms in total. The largest absolute Gasteiger partial charge is 0.348 e. The Hall–Kier alpha value is -2.31. The number of halogens is 1. The van der Waals surface area contributed by atoms with Crippen molar-refractivity contribution >= 4 is 29.3 Å². The highest BCUT2D eigenvalue weighted by molar-refractivity contribution is 8.00. The van der Waals surface area contributed by atoms with Crippen molar-refractivity contribution in [1.82, 2.24) is 20.1 Å². The topological polar surface area (TPSA) is 59.8 Å². The molecule has 0 radical (unpaired) electrons. The Bertz CT molecular complexity index is 916. The first kappa shape index (κ1) is 20.4. The number of nitrogens with zero attached hydrogens (tertiary/aromatic N) is 3. The molecule has 0 saturated heterocycles. The summed E-state index contributed by atoms with van der Waals surface area (Å²) in [6.07, 6.45) is 3.51. The maximum atomic E-state index is 12.8. The van der Waals surface area contributed by atoms with E-state index in [4.69, 9.17) is 11.6 Å². The SMILES string of the molecule is CCCC(NC(=O)C(C)Sc1nncn1-c1cccc(Cl)c1)c1ccccc1. The van der Waals surface area contributed by atoms with Gasteiger partial charge in [-0.3, -0.25) is 9.36 Å². The van der Waals surface area contributed by atoms with Crippen molar-refractivity contribution in [3.63, 3.8) is 0 Å². The van der Waals surface area contributed by atoms with E-state index in [1.165, 1.54) is 11.8 Å². The van der Waals surface area contributed by atoms with Gasteiger partial charge in [0.05, 0.1) is 17.0 Å².